The molecule has 1 aliphatic heterocycles. The van der Waals surface area contributed by atoms with E-state index in [0.717, 1.165) is 20.4 Å². The predicted molar refractivity (Wildman–Crippen MR) is 167 cm³/mol. The maximum atomic E-state index is 13.9. The Balaban J connectivity index is 1.49. The van der Waals surface area contributed by atoms with E-state index in [2.05, 4.69) is 32.9 Å². The number of imidazole rings is 1. The van der Waals surface area contributed by atoms with Crippen molar-refractivity contribution in [1.29, 1.82) is 0 Å². The van der Waals surface area contributed by atoms with Crippen molar-refractivity contribution in [3.63, 3.8) is 0 Å². The van der Waals surface area contributed by atoms with Crippen molar-refractivity contribution in [3.8, 4) is 17.0 Å². The molecule has 2 heterocycles. The van der Waals surface area contributed by atoms with Crippen LogP contribution in [0.2, 0.25) is 5.02 Å². The number of nitrogens with one attached hydrogen (secondary N) is 2. The second kappa shape index (κ2) is 12.8. The molecule has 0 saturated carbocycles. The lowest BCUT2D eigenvalue weighted by molar-refractivity contribution is -0.129. The van der Waals surface area contributed by atoms with Crippen molar-refractivity contribution in [2.45, 2.75) is 38.0 Å². The maximum Gasteiger partial charge on any atom is 0.325 e. The van der Waals surface area contributed by atoms with Crippen LogP contribution in [0.3, 0.4) is 0 Å². The normalized spacial score (nSPS) is 17.2. The minimum atomic E-state index is -0.995. The van der Waals surface area contributed by atoms with Crippen molar-refractivity contribution < 1.29 is 24.5 Å². The van der Waals surface area contributed by atoms with Gasteiger partial charge in [-0.05, 0) is 64.9 Å². The summed E-state index contributed by atoms with van der Waals surface area (Å²) in [6, 6.07) is 20.0. The number of H-pyrrole nitrogens is 1. The van der Waals surface area contributed by atoms with Gasteiger partial charge in [-0.15, -0.1) is 0 Å². The highest BCUT2D eigenvalue weighted by molar-refractivity contribution is 14.1. The molecule has 1 aromatic heterocycles. The molecule has 42 heavy (non-hydrogen) atoms. The molecule has 11 heteroatoms. The van der Waals surface area contributed by atoms with E-state index in [1.807, 2.05) is 62.4 Å². The Labute approximate surface area is 262 Å². The van der Waals surface area contributed by atoms with E-state index in [0.29, 0.717) is 27.9 Å². The number of hydrogen-bond acceptors (Lipinski definition) is 6. The number of halogens is 2. The average Bonchev–Trinajstić information content (AvgIpc) is 3.51. The number of ether oxygens (including phenoxy) is 1. The van der Waals surface area contributed by atoms with Crippen molar-refractivity contribution >= 4 is 46.1 Å². The SMILES string of the molecule is Cc1nc([C@H]([C@H](C)c2ccccc2)N2C(=O)N[C@H](c3ccc(OC[C@@H](O)CO)cc3)C2=O)[nH]c1-c1ccc(I)cc1Cl. The largest absolute Gasteiger partial charge is 0.491 e. The molecule has 3 aromatic carbocycles. The summed E-state index contributed by atoms with van der Waals surface area (Å²) in [5.74, 6) is 0.242. The minimum absolute atomic E-state index is 0.0697. The Bertz CT molecular complexity index is 1580. The first kappa shape index (κ1) is 30.0. The van der Waals surface area contributed by atoms with Crippen molar-refractivity contribution in [3.05, 3.63) is 104 Å². The van der Waals surface area contributed by atoms with Gasteiger partial charge in [-0.3, -0.25) is 9.69 Å². The Morgan fingerprint density at radius 3 is 2.48 bits per heavy atom. The summed E-state index contributed by atoms with van der Waals surface area (Å²) in [5.41, 5.74) is 3.73. The summed E-state index contributed by atoms with van der Waals surface area (Å²) < 4.78 is 6.47. The van der Waals surface area contributed by atoms with E-state index >= 15 is 0 Å². The number of aliphatic hydroxyl groups excluding tert-OH is 2. The standard InChI is InChI=1S/C31H30ClIN4O5/c1-17(19-6-4-3-5-7-19)28(29-34-18(2)26(35-29)24-13-10-21(33)14-25(24)32)37-30(40)27(36-31(37)41)20-8-11-23(12-9-20)42-16-22(39)15-38/h3-14,17,22,27-28,38-39H,15-16H2,1-2H3,(H,34,35)(H,36,41)/t17-,22+,27-,28+/m1/s1. The van der Waals surface area contributed by atoms with Crippen LogP contribution in [0.4, 0.5) is 4.79 Å². The zero-order valence-corrected chi connectivity index (χ0v) is 25.8. The molecule has 4 N–H and O–H groups in total. The molecule has 1 fully saturated rings. The summed E-state index contributed by atoms with van der Waals surface area (Å²) in [6.45, 7) is 3.36. The smallest absolute Gasteiger partial charge is 0.325 e. The van der Waals surface area contributed by atoms with E-state index in [1.165, 1.54) is 4.90 Å². The fraction of sp³-hybridized carbons (Fsp3) is 0.258. The highest BCUT2D eigenvalue weighted by Gasteiger charge is 2.46. The van der Waals surface area contributed by atoms with Gasteiger partial charge in [-0.2, -0.15) is 0 Å². The van der Waals surface area contributed by atoms with Crippen LogP contribution in [0.1, 0.15) is 47.6 Å². The fourth-order valence-corrected chi connectivity index (χ4v) is 6.03. The molecule has 4 aromatic rings. The first-order valence-corrected chi connectivity index (χ1v) is 14.9. The zero-order valence-electron chi connectivity index (χ0n) is 22.9. The lowest BCUT2D eigenvalue weighted by Gasteiger charge is -2.29. The van der Waals surface area contributed by atoms with Gasteiger partial charge in [0.15, 0.2) is 0 Å². The number of nitrogens with zero attached hydrogens (tertiary/aromatic N) is 2. The van der Waals surface area contributed by atoms with Crippen molar-refractivity contribution in [2.75, 3.05) is 13.2 Å². The molecule has 218 valence electrons. The molecule has 0 bridgehead atoms. The van der Waals surface area contributed by atoms with Gasteiger partial charge in [0.05, 0.1) is 23.0 Å². The first-order chi connectivity index (χ1) is 20.2. The van der Waals surface area contributed by atoms with Gasteiger partial charge in [0.25, 0.3) is 5.91 Å². The average molecular weight is 701 g/mol. The van der Waals surface area contributed by atoms with E-state index in [4.69, 9.17) is 26.4 Å². The summed E-state index contributed by atoms with van der Waals surface area (Å²) in [6.07, 6.45) is -0.995. The Morgan fingerprint density at radius 2 is 1.81 bits per heavy atom. The summed E-state index contributed by atoms with van der Waals surface area (Å²) >= 11 is 8.79. The van der Waals surface area contributed by atoms with Crippen LogP contribution in [0.5, 0.6) is 5.75 Å². The fourth-order valence-electron chi connectivity index (χ4n) is 5.08. The number of aromatic amines is 1. The van der Waals surface area contributed by atoms with Gasteiger partial charge in [-0.25, -0.2) is 9.78 Å². The second-order valence-corrected chi connectivity index (χ2v) is 11.8. The van der Waals surface area contributed by atoms with E-state index in [9.17, 15) is 14.7 Å². The van der Waals surface area contributed by atoms with Gasteiger partial charge in [0, 0.05) is 15.1 Å². The van der Waals surface area contributed by atoms with E-state index in [-0.39, 0.29) is 12.5 Å². The number of aliphatic hydroxyl groups is 2. The van der Waals surface area contributed by atoms with E-state index < -0.39 is 36.7 Å². The molecule has 9 nitrogen and oxygen atoms in total. The van der Waals surface area contributed by atoms with Crippen LogP contribution in [0, 0.1) is 10.5 Å². The molecular weight excluding hydrogens is 671 g/mol. The number of rotatable bonds is 10. The van der Waals surface area contributed by atoms with Gasteiger partial charge in [0.2, 0.25) is 0 Å². The predicted octanol–water partition coefficient (Wildman–Crippen LogP) is 5.51. The molecular formula is C31H30ClIN4O5. The molecule has 5 rings (SSSR count). The Morgan fingerprint density at radius 1 is 1.10 bits per heavy atom. The third-order valence-electron chi connectivity index (χ3n) is 7.30. The number of carbonyl (C=O) groups is 2. The number of amides is 3. The monoisotopic (exact) mass is 700 g/mol. The minimum Gasteiger partial charge on any atom is -0.491 e. The summed E-state index contributed by atoms with van der Waals surface area (Å²) in [5, 5.41) is 21.9. The number of aromatic nitrogens is 2. The van der Waals surface area contributed by atoms with Crippen molar-refractivity contribution in [1.82, 2.24) is 20.2 Å². The van der Waals surface area contributed by atoms with Crippen LogP contribution in [0.25, 0.3) is 11.3 Å². The van der Waals surface area contributed by atoms with Crippen LogP contribution >= 0.6 is 34.2 Å². The summed E-state index contributed by atoms with van der Waals surface area (Å²) in [7, 11) is 0. The number of imide groups is 1. The lowest BCUT2D eigenvalue weighted by atomic mass is 9.91. The van der Waals surface area contributed by atoms with Gasteiger partial charge in [-0.1, -0.05) is 67.1 Å². The molecule has 0 unspecified atom stereocenters. The molecule has 3 amide bonds. The van der Waals surface area contributed by atoms with Crippen molar-refractivity contribution in [2.24, 2.45) is 0 Å². The summed E-state index contributed by atoms with van der Waals surface area (Å²) in [4.78, 5) is 36.9. The number of benzene rings is 3. The van der Waals surface area contributed by atoms with Crippen LogP contribution in [-0.4, -0.2) is 56.3 Å². The Kier molecular flexibility index (Phi) is 9.16. The van der Waals surface area contributed by atoms with Gasteiger partial charge in [0.1, 0.15) is 36.4 Å². The first-order valence-electron chi connectivity index (χ1n) is 13.4. The molecule has 0 aliphatic carbocycles. The molecule has 0 radical (unpaired) electrons. The third kappa shape index (κ3) is 6.17. The molecule has 0 spiro atoms. The Hall–Kier alpha value is -3.45. The van der Waals surface area contributed by atoms with Gasteiger partial charge < -0.3 is 25.3 Å². The van der Waals surface area contributed by atoms with Gasteiger partial charge >= 0.3 is 6.03 Å². The number of urea groups is 1. The number of hydrogen-bond donors (Lipinski definition) is 4. The van der Waals surface area contributed by atoms with Crippen LogP contribution in [0.15, 0.2) is 72.8 Å². The van der Waals surface area contributed by atoms with Crippen LogP contribution < -0.4 is 10.1 Å². The third-order valence-corrected chi connectivity index (χ3v) is 8.28. The molecule has 4 atom stereocenters. The highest BCUT2D eigenvalue weighted by Crippen LogP contribution is 2.40. The quantitative estimate of drug-likeness (QED) is 0.128. The van der Waals surface area contributed by atoms with E-state index in [1.54, 1.807) is 24.3 Å². The zero-order chi connectivity index (χ0) is 30.0. The number of aryl methyl sites for hydroxylation is 1. The topological polar surface area (TPSA) is 128 Å². The van der Waals surface area contributed by atoms with Crippen LogP contribution in [-0.2, 0) is 4.79 Å². The molecule has 1 saturated heterocycles. The molecule has 1 aliphatic rings. The maximum absolute atomic E-state index is 13.9. The lowest BCUT2D eigenvalue weighted by Crippen LogP contribution is -2.38. The highest BCUT2D eigenvalue weighted by atomic mass is 127. The number of carbonyl (C=O) groups excluding carboxylic acids is 2. The second-order valence-electron chi connectivity index (χ2n) is 10.2.